The van der Waals surface area contributed by atoms with E-state index in [1.54, 1.807) is 12.1 Å². The van der Waals surface area contributed by atoms with Crippen LogP contribution in [0.5, 0.6) is 17.2 Å². The number of rotatable bonds is 7. The lowest BCUT2D eigenvalue weighted by atomic mass is 9.83. The van der Waals surface area contributed by atoms with E-state index in [1.165, 1.54) is 34.2 Å². The topological polar surface area (TPSA) is 63.2 Å². The molecule has 6 nitrogen and oxygen atoms in total. The number of carbonyl (C=O) groups excluding carboxylic acids is 1. The van der Waals surface area contributed by atoms with Crippen LogP contribution in [-0.2, 0) is 9.78 Å². The van der Waals surface area contributed by atoms with E-state index in [1.807, 2.05) is 0 Å². The molecular weight excluding hydrogens is 312 g/mol. The summed E-state index contributed by atoms with van der Waals surface area (Å²) in [6.07, 6.45) is 4.62. The Hall–Kier alpha value is -1.95. The van der Waals surface area contributed by atoms with Crippen LogP contribution < -0.4 is 14.2 Å². The number of carbonyl (C=O) groups is 1. The molecule has 1 aliphatic carbocycles. The van der Waals surface area contributed by atoms with Gasteiger partial charge in [0.1, 0.15) is 5.56 Å². The molecule has 1 aromatic carbocycles. The molecule has 0 unspecified atom stereocenters. The van der Waals surface area contributed by atoms with Crippen LogP contribution in [0.3, 0.4) is 0 Å². The average Bonchev–Trinajstić information content (AvgIpc) is 2.61. The van der Waals surface area contributed by atoms with Crippen LogP contribution in [0.4, 0.5) is 0 Å². The SMILES string of the molecule is COc1ccc(C(=O)OOCC2CCC(C)CC2)c(OC)c1OC. The predicted molar refractivity (Wildman–Crippen MR) is 88.6 cm³/mol. The molecule has 0 heterocycles. The first-order chi connectivity index (χ1) is 11.6. The molecule has 1 fully saturated rings. The quantitative estimate of drug-likeness (QED) is 0.559. The first kappa shape index (κ1) is 18.4. The molecule has 0 atom stereocenters. The summed E-state index contributed by atoms with van der Waals surface area (Å²) in [7, 11) is 4.46. The van der Waals surface area contributed by atoms with E-state index in [2.05, 4.69) is 6.92 Å². The Balaban J connectivity index is 1.97. The van der Waals surface area contributed by atoms with Gasteiger partial charge in [-0.3, -0.25) is 4.89 Å². The van der Waals surface area contributed by atoms with Crippen LogP contribution in [0.1, 0.15) is 43.0 Å². The molecule has 0 amide bonds. The van der Waals surface area contributed by atoms with Gasteiger partial charge in [-0.15, -0.1) is 0 Å². The van der Waals surface area contributed by atoms with Crippen LogP contribution in [-0.4, -0.2) is 33.9 Å². The third kappa shape index (κ3) is 4.32. The molecule has 0 N–H and O–H groups in total. The Bertz CT molecular complexity index is 549. The van der Waals surface area contributed by atoms with Gasteiger partial charge in [-0.2, -0.15) is 4.89 Å². The van der Waals surface area contributed by atoms with E-state index in [0.29, 0.717) is 24.0 Å². The van der Waals surface area contributed by atoms with Gasteiger partial charge >= 0.3 is 5.97 Å². The van der Waals surface area contributed by atoms with Crippen LogP contribution in [0, 0.1) is 11.8 Å². The van der Waals surface area contributed by atoms with Gasteiger partial charge in [0.25, 0.3) is 0 Å². The maximum Gasteiger partial charge on any atom is 0.376 e. The van der Waals surface area contributed by atoms with Crippen LogP contribution >= 0.6 is 0 Å². The Morgan fingerprint density at radius 3 is 2.25 bits per heavy atom. The smallest absolute Gasteiger partial charge is 0.376 e. The normalized spacial score (nSPS) is 20.3. The molecular formula is C18H26O6. The minimum absolute atomic E-state index is 0.229. The van der Waals surface area contributed by atoms with E-state index in [-0.39, 0.29) is 11.3 Å². The van der Waals surface area contributed by atoms with Gasteiger partial charge in [0, 0.05) is 0 Å². The minimum Gasteiger partial charge on any atom is -0.493 e. The summed E-state index contributed by atoms with van der Waals surface area (Å²) in [6.45, 7) is 2.69. The summed E-state index contributed by atoms with van der Waals surface area (Å²) in [6, 6.07) is 3.19. The van der Waals surface area contributed by atoms with Gasteiger partial charge in [0.05, 0.1) is 27.9 Å². The lowest BCUT2D eigenvalue weighted by Gasteiger charge is -2.25. The highest BCUT2D eigenvalue weighted by atomic mass is 17.2. The molecule has 0 spiro atoms. The standard InChI is InChI=1S/C18H26O6/c1-12-5-7-13(8-6-12)11-23-24-18(19)14-9-10-15(20-2)17(22-4)16(14)21-3/h9-10,12-13H,5-8,11H2,1-4H3. The van der Waals surface area contributed by atoms with Crippen molar-refractivity contribution in [3.63, 3.8) is 0 Å². The van der Waals surface area contributed by atoms with E-state index in [0.717, 1.165) is 18.8 Å². The molecule has 0 aliphatic heterocycles. The molecule has 0 aromatic heterocycles. The largest absolute Gasteiger partial charge is 0.493 e. The number of methoxy groups -OCH3 is 3. The maximum atomic E-state index is 12.3. The second kappa shape index (κ2) is 8.78. The molecule has 6 heteroatoms. The van der Waals surface area contributed by atoms with Crippen molar-refractivity contribution in [2.45, 2.75) is 32.6 Å². The second-order valence-corrected chi connectivity index (χ2v) is 6.16. The maximum absolute atomic E-state index is 12.3. The summed E-state index contributed by atoms with van der Waals surface area (Å²) in [5.74, 6) is 1.69. The van der Waals surface area contributed by atoms with Crippen LogP contribution in [0.2, 0.25) is 0 Å². The minimum atomic E-state index is -0.614. The monoisotopic (exact) mass is 338 g/mol. The van der Waals surface area contributed by atoms with Gasteiger partial charge in [-0.1, -0.05) is 19.8 Å². The van der Waals surface area contributed by atoms with Crippen molar-refractivity contribution < 1.29 is 28.8 Å². The molecule has 1 aromatic rings. The van der Waals surface area contributed by atoms with Gasteiger partial charge < -0.3 is 14.2 Å². The van der Waals surface area contributed by atoms with Crippen molar-refractivity contribution >= 4 is 5.97 Å². The first-order valence-corrected chi connectivity index (χ1v) is 8.23. The summed E-state index contributed by atoms with van der Waals surface area (Å²) in [5, 5.41) is 0. The first-order valence-electron chi connectivity index (χ1n) is 8.23. The molecule has 0 radical (unpaired) electrons. The number of benzene rings is 1. The van der Waals surface area contributed by atoms with E-state index < -0.39 is 5.97 Å². The number of hydrogen-bond acceptors (Lipinski definition) is 6. The number of ether oxygens (including phenoxy) is 3. The zero-order valence-electron chi connectivity index (χ0n) is 14.8. The molecule has 1 saturated carbocycles. The number of hydrogen-bond donors (Lipinski definition) is 0. The van der Waals surface area contributed by atoms with E-state index in [4.69, 9.17) is 24.0 Å². The van der Waals surface area contributed by atoms with Crippen molar-refractivity contribution in [2.24, 2.45) is 11.8 Å². The highest BCUT2D eigenvalue weighted by Crippen LogP contribution is 2.40. The molecule has 134 valence electrons. The lowest BCUT2D eigenvalue weighted by molar-refractivity contribution is -0.250. The zero-order chi connectivity index (χ0) is 17.5. The predicted octanol–water partition coefficient (Wildman–Crippen LogP) is 3.63. The lowest BCUT2D eigenvalue weighted by Crippen LogP contribution is -2.19. The Morgan fingerprint density at radius 2 is 1.67 bits per heavy atom. The summed E-state index contributed by atoms with van der Waals surface area (Å²) < 4.78 is 15.7. The van der Waals surface area contributed by atoms with Crippen LogP contribution in [0.25, 0.3) is 0 Å². The Labute approximate surface area is 142 Å². The van der Waals surface area contributed by atoms with Crippen molar-refractivity contribution in [1.29, 1.82) is 0 Å². The third-order valence-corrected chi connectivity index (χ3v) is 4.50. The summed E-state index contributed by atoms with van der Waals surface area (Å²) >= 11 is 0. The Morgan fingerprint density at radius 1 is 1.00 bits per heavy atom. The fourth-order valence-corrected chi connectivity index (χ4v) is 2.99. The highest BCUT2D eigenvalue weighted by molar-refractivity contribution is 5.93. The van der Waals surface area contributed by atoms with Crippen molar-refractivity contribution in [3.05, 3.63) is 17.7 Å². The summed E-state index contributed by atoms with van der Waals surface area (Å²) in [5.41, 5.74) is 0.229. The highest BCUT2D eigenvalue weighted by Gasteiger charge is 2.23. The van der Waals surface area contributed by atoms with Gasteiger partial charge in [0.15, 0.2) is 11.5 Å². The summed E-state index contributed by atoms with van der Waals surface area (Å²) in [4.78, 5) is 22.4. The molecule has 0 bridgehead atoms. The van der Waals surface area contributed by atoms with Crippen molar-refractivity contribution in [3.8, 4) is 17.2 Å². The fourth-order valence-electron chi connectivity index (χ4n) is 2.99. The molecule has 24 heavy (non-hydrogen) atoms. The van der Waals surface area contributed by atoms with E-state index >= 15 is 0 Å². The van der Waals surface area contributed by atoms with E-state index in [9.17, 15) is 4.79 Å². The molecule has 2 rings (SSSR count). The molecule has 1 aliphatic rings. The Kier molecular flexibility index (Phi) is 6.73. The van der Waals surface area contributed by atoms with Crippen LogP contribution in [0.15, 0.2) is 12.1 Å². The molecule has 0 saturated heterocycles. The van der Waals surface area contributed by atoms with Crippen molar-refractivity contribution in [2.75, 3.05) is 27.9 Å². The fraction of sp³-hybridized carbons (Fsp3) is 0.611. The van der Waals surface area contributed by atoms with Gasteiger partial charge in [0.2, 0.25) is 5.75 Å². The van der Waals surface area contributed by atoms with Gasteiger partial charge in [-0.05, 0) is 36.8 Å². The average molecular weight is 338 g/mol. The van der Waals surface area contributed by atoms with Gasteiger partial charge in [-0.25, -0.2) is 4.79 Å². The third-order valence-electron chi connectivity index (χ3n) is 4.50. The second-order valence-electron chi connectivity index (χ2n) is 6.16. The van der Waals surface area contributed by atoms with Crippen molar-refractivity contribution in [1.82, 2.24) is 0 Å². The zero-order valence-corrected chi connectivity index (χ0v) is 14.8.